The third kappa shape index (κ3) is 4.24. The molecule has 6 heteroatoms. The maximum Gasteiger partial charge on any atom is 0.218 e. The SMILES string of the molecule is COc1cc(NCC(C)(O)CSC)ncn1. The lowest BCUT2D eigenvalue weighted by Crippen LogP contribution is -2.36. The van der Waals surface area contributed by atoms with Crippen molar-refractivity contribution in [3.63, 3.8) is 0 Å². The van der Waals surface area contributed by atoms with Crippen LogP contribution in [-0.4, -0.2) is 46.3 Å². The van der Waals surface area contributed by atoms with Crippen LogP contribution in [-0.2, 0) is 0 Å². The van der Waals surface area contributed by atoms with Crippen LogP contribution < -0.4 is 10.1 Å². The lowest BCUT2D eigenvalue weighted by atomic mass is 10.1. The minimum Gasteiger partial charge on any atom is -0.481 e. The second kappa shape index (κ2) is 5.91. The topological polar surface area (TPSA) is 67.3 Å². The quantitative estimate of drug-likeness (QED) is 0.777. The molecule has 0 bridgehead atoms. The zero-order valence-corrected chi connectivity index (χ0v) is 10.5. The fourth-order valence-corrected chi connectivity index (χ4v) is 1.91. The van der Waals surface area contributed by atoms with Crippen molar-refractivity contribution in [2.45, 2.75) is 12.5 Å². The number of ether oxygens (including phenoxy) is 1. The van der Waals surface area contributed by atoms with Gasteiger partial charge in [-0.2, -0.15) is 11.8 Å². The van der Waals surface area contributed by atoms with Crippen molar-refractivity contribution < 1.29 is 9.84 Å². The standard InChI is InChI=1S/C10H17N3O2S/c1-10(14,6-16-3)5-11-8-4-9(15-2)13-7-12-8/h4,7,14H,5-6H2,1-3H3,(H,11,12,13). The van der Waals surface area contributed by atoms with E-state index in [0.29, 0.717) is 24.0 Å². The maximum atomic E-state index is 9.94. The molecule has 0 saturated heterocycles. The van der Waals surface area contributed by atoms with E-state index < -0.39 is 5.60 Å². The predicted molar refractivity (Wildman–Crippen MR) is 66.1 cm³/mol. The van der Waals surface area contributed by atoms with E-state index >= 15 is 0 Å². The first-order chi connectivity index (χ1) is 7.57. The van der Waals surface area contributed by atoms with Crippen molar-refractivity contribution in [1.29, 1.82) is 0 Å². The minimum atomic E-state index is -0.752. The number of thioether (sulfide) groups is 1. The molecule has 0 aliphatic rings. The highest BCUT2D eigenvalue weighted by Gasteiger charge is 2.19. The van der Waals surface area contributed by atoms with Gasteiger partial charge in [0.15, 0.2) is 0 Å². The van der Waals surface area contributed by atoms with Crippen molar-refractivity contribution in [2.24, 2.45) is 0 Å². The number of methoxy groups -OCH3 is 1. The van der Waals surface area contributed by atoms with E-state index in [1.807, 2.05) is 6.26 Å². The van der Waals surface area contributed by atoms with Crippen LogP contribution in [0, 0.1) is 0 Å². The van der Waals surface area contributed by atoms with Gasteiger partial charge in [0.05, 0.1) is 12.7 Å². The summed E-state index contributed by atoms with van der Waals surface area (Å²) in [5, 5.41) is 13.0. The van der Waals surface area contributed by atoms with Crippen LogP contribution in [0.2, 0.25) is 0 Å². The van der Waals surface area contributed by atoms with Gasteiger partial charge in [-0.3, -0.25) is 0 Å². The number of nitrogens with zero attached hydrogens (tertiary/aromatic N) is 2. The van der Waals surface area contributed by atoms with Crippen molar-refractivity contribution in [1.82, 2.24) is 9.97 Å². The number of nitrogens with one attached hydrogen (secondary N) is 1. The van der Waals surface area contributed by atoms with E-state index in [1.54, 1.807) is 31.9 Å². The van der Waals surface area contributed by atoms with Crippen molar-refractivity contribution in [3.8, 4) is 5.88 Å². The number of rotatable bonds is 6. The molecule has 1 unspecified atom stereocenters. The molecule has 1 aromatic rings. The molecule has 1 aromatic heterocycles. The van der Waals surface area contributed by atoms with Gasteiger partial charge in [-0.25, -0.2) is 9.97 Å². The van der Waals surface area contributed by atoms with E-state index in [1.165, 1.54) is 6.33 Å². The molecule has 0 aliphatic heterocycles. The lowest BCUT2D eigenvalue weighted by Gasteiger charge is -2.22. The molecule has 0 radical (unpaired) electrons. The van der Waals surface area contributed by atoms with Crippen LogP contribution in [0.3, 0.4) is 0 Å². The Balaban J connectivity index is 2.53. The predicted octanol–water partition coefficient (Wildman–Crippen LogP) is 1.01. The smallest absolute Gasteiger partial charge is 0.218 e. The molecule has 0 aliphatic carbocycles. The summed E-state index contributed by atoms with van der Waals surface area (Å²) < 4.78 is 4.98. The summed E-state index contributed by atoms with van der Waals surface area (Å²) in [5.41, 5.74) is -0.752. The van der Waals surface area contributed by atoms with Gasteiger partial charge in [-0.05, 0) is 13.2 Å². The second-order valence-corrected chi connectivity index (χ2v) is 4.60. The molecule has 0 aromatic carbocycles. The Labute approximate surface area is 99.6 Å². The Kier molecular flexibility index (Phi) is 4.82. The molecular formula is C10H17N3O2S. The van der Waals surface area contributed by atoms with Gasteiger partial charge >= 0.3 is 0 Å². The lowest BCUT2D eigenvalue weighted by molar-refractivity contribution is 0.0996. The number of anilines is 1. The molecule has 16 heavy (non-hydrogen) atoms. The summed E-state index contributed by atoms with van der Waals surface area (Å²) in [6.07, 6.45) is 3.38. The van der Waals surface area contributed by atoms with E-state index in [0.717, 1.165) is 0 Å². The highest BCUT2D eigenvalue weighted by Crippen LogP contribution is 2.14. The summed E-state index contributed by atoms with van der Waals surface area (Å²) in [5.74, 6) is 1.82. The Morgan fingerprint density at radius 3 is 2.94 bits per heavy atom. The maximum absolute atomic E-state index is 9.94. The number of aliphatic hydroxyl groups is 1. The molecule has 0 saturated carbocycles. The molecular weight excluding hydrogens is 226 g/mol. The Morgan fingerprint density at radius 1 is 1.56 bits per heavy atom. The van der Waals surface area contributed by atoms with E-state index in [-0.39, 0.29) is 0 Å². The van der Waals surface area contributed by atoms with Crippen LogP contribution in [0.5, 0.6) is 5.88 Å². The number of hydrogen-bond donors (Lipinski definition) is 2. The van der Waals surface area contributed by atoms with E-state index in [2.05, 4.69) is 15.3 Å². The summed E-state index contributed by atoms with van der Waals surface area (Å²) in [6.45, 7) is 2.23. The van der Waals surface area contributed by atoms with Crippen molar-refractivity contribution in [3.05, 3.63) is 12.4 Å². The van der Waals surface area contributed by atoms with Crippen LogP contribution in [0.15, 0.2) is 12.4 Å². The third-order valence-electron chi connectivity index (χ3n) is 1.96. The Bertz CT molecular complexity index is 334. The first-order valence-corrected chi connectivity index (χ1v) is 6.28. The molecule has 1 rings (SSSR count). The fraction of sp³-hybridized carbons (Fsp3) is 0.600. The van der Waals surface area contributed by atoms with Gasteiger partial charge in [0.2, 0.25) is 5.88 Å². The molecule has 5 nitrogen and oxygen atoms in total. The summed E-state index contributed by atoms with van der Waals surface area (Å²) >= 11 is 1.60. The fourth-order valence-electron chi connectivity index (χ4n) is 1.19. The zero-order chi connectivity index (χ0) is 12.0. The molecule has 2 N–H and O–H groups in total. The van der Waals surface area contributed by atoms with Gasteiger partial charge in [-0.1, -0.05) is 0 Å². The average molecular weight is 243 g/mol. The molecule has 1 atom stereocenters. The molecule has 0 fully saturated rings. The highest BCUT2D eigenvalue weighted by atomic mass is 32.2. The highest BCUT2D eigenvalue weighted by molar-refractivity contribution is 7.98. The van der Waals surface area contributed by atoms with Gasteiger partial charge in [0.1, 0.15) is 12.1 Å². The van der Waals surface area contributed by atoms with Crippen LogP contribution in [0.4, 0.5) is 5.82 Å². The first kappa shape index (κ1) is 13.1. The first-order valence-electron chi connectivity index (χ1n) is 4.88. The van der Waals surface area contributed by atoms with Gasteiger partial charge in [-0.15, -0.1) is 0 Å². The van der Waals surface area contributed by atoms with Gasteiger partial charge < -0.3 is 15.2 Å². The largest absolute Gasteiger partial charge is 0.481 e. The van der Waals surface area contributed by atoms with Crippen molar-refractivity contribution >= 4 is 17.6 Å². The minimum absolute atomic E-state index is 0.438. The monoisotopic (exact) mass is 243 g/mol. The number of aromatic nitrogens is 2. The summed E-state index contributed by atoms with van der Waals surface area (Å²) in [6, 6.07) is 1.69. The zero-order valence-electron chi connectivity index (χ0n) is 9.73. The Hall–Kier alpha value is -1.01. The molecule has 90 valence electrons. The van der Waals surface area contributed by atoms with Crippen molar-refractivity contribution in [2.75, 3.05) is 31.0 Å². The molecule has 0 spiro atoms. The van der Waals surface area contributed by atoms with Crippen LogP contribution in [0.25, 0.3) is 0 Å². The van der Waals surface area contributed by atoms with Crippen LogP contribution in [0.1, 0.15) is 6.92 Å². The summed E-state index contributed by atoms with van der Waals surface area (Å²) in [7, 11) is 1.55. The van der Waals surface area contributed by atoms with Gasteiger partial charge in [0.25, 0.3) is 0 Å². The van der Waals surface area contributed by atoms with E-state index in [4.69, 9.17) is 4.74 Å². The van der Waals surface area contributed by atoms with Gasteiger partial charge in [0, 0.05) is 18.4 Å². The Morgan fingerprint density at radius 2 is 2.31 bits per heavy atom. The average Bonchev–Trinajstić information content (AvgIpc) is 2.27. The normalized spacial score (nSPS) is 14.2. The van der Waals surface area contributed by atoms with E-state index in [9.17, 15) is 5.11 Å². The number of hydrogen-bond acceptors (Lipinski definition) is 6. The third-order valence-corrected chi connectivity index (χ3v) is 2.87. The molecule has 1 heterocycles. The second-order valence-electron chi connectivity index (χ2n) is 3.73. The van der Waals surface area contributed by atoms with Crippen LogP contribution >= 0.6 is 11.8 Å². The summed E-state index contributed by atoms with van der Waals surface area (Å²) in [4.78, 5) is 7.93. The molecule has 0 amide bonds.